The molecule has 3 aliphatic heterocycles. The zero-order chi connectivity index (χ0) is 14.7. The number of hydrogen-bond donors (Lipinski definition) is 0. The van der Waals surface area contributed by atoms with Crippen molar-refractivity contribution in [3.05, 3.63) is 11.7 Å². The Morgan fingerprint density at radius 1 is 1.00 bits per heavy atom. The SMILES string of the molecule is CC1(C)O[C@H]2O[C@H]([C@H]3COC(C)(C)O3)C(=C(F)F)[C@H]2O1. The first kappa shape index (κ1) is 14.3. The second-order valence-electron chi connectivity index (χ2n) is 6.06. The molecule has 0 saturated carbocycles. The monoisotopic (exact) mass is 292 g/mol. The van der Waals surface area contributed by atoms with Gasteiger partial charge in [-0.1, -0.05) is 0 Å². The second kappa shape index (κ2) is 4.45. The molecule has 0 aromatic heterocycles. The Balaban J connectivity index is 1.83. The van der Waals surface area contributed by atoms with E-state index in [9.17, 15) is 8.78 Å². The van der Waals surface area contributed by atoms with Crippen molar-refractivity contribution in [3.8, 4) is 0 Å². The van der Waals surface area contributed by atoms with Crippen molar-refractivity contribution >= 4 is 0 Å². The molecule has 0 spiro atoms. The van der Waals surface area contributed by atoms with Crippen LogP contribution in [0.1, 0.15) is 27.7 Å². The van der Waals surface area contributed by atoms with Gasteiger partial charge < -0.3 is 23.7 Å². The third-order valence-electron chi connectivity index (χ3n) is 3.54. The molecule has 114 valence electrons. The highest BCUT2D eigenvalue weighted by Crippen LogP contribution is 2.44. The maximum absolute atomic E-state index is 13.3. The van der Waals surface area contributed by atoms with Crippen LogP contribution in [-0.4, -0.2) is 42.8 Å². The quantitative estimate of drug-likeness (QED) is 0.741. The molecule has 4 atom stereocenters. The molecule has 0 bridgehead atoms. The fraction of sp³-hybridized carbons (Fsp3) is 0.846. The van der Waals surface area contributed by atoms with Crippen LogP contribution in [0.25, 0.3) is 0 Å². The van der Waals surface area contributed by atoms with Crippen molar-refractivity contribution in [2.45, 2.75) is 63.9 Å². The molecule has 0 aromatic rings. The van der Waals surface area contributed by atoms with Crippen molar-refractivity contribution in [1.82, 2.24) is 0 Å². The molecule has 0 N–H and O–H groups in total. The summed E-state index contributed by atoms with van der Waals surface area (Å²) < 4.78 is 54.2. The molecule has 3 aliphatic rings. The molecule has 0 unspecified atom stereocenters. The van der Waals surface area contributed by atoms with Gasteiger partial charge in [0, 0.05) is 0 Å². The van der Waals surface area contributed by atoms with Crippen molar-refractivity contribution in [3.63, 3.8) is 0 Å². The van der Waals surface area contributed by atoms with E-state index in [0.717, 1.165) is 0 Å². The highest BCUT2D eigenvalue weighted by Gasteiger charge is 2.57. The number of ether oxygens (including phenoxy) is 5. The van der Waals surface area contributed by atoms with E-state index < -0.39 is 42.3 Å². The topological polar surface area (TPSA) is 46.2 Å². The molecule has 3 heterocycles. The Labute approximate surface area is 115 Å². The zero-order valence-corrected chi connectivity index (χ0v) is 11.8. The minimum atomic E-state index is -1.81. The number of hydrogen-bond acceptors (Lipinski definition) is 5. The zero-order valence-electron chi connectivity index (χ0n) is 11.8. The smallest absolute Gasteiger partial charge is 0.275 e. The van der Waals surface area contributed by atoms with Crippen molar-refractivity contribution in [1.29, 1.82) is 0 Å². The van der Waals surface area contributed by atoms with Gasteiger partial charge in [0.15, 0.2) is 17.9 Å². The summed E-state index contributed by atoms with van der Waals surface area (Å²) in [5.41, 5.74) is -0.202. The molecule has 3 rings (SSSR count). The van der Waals surface area contributed by atoms with E-state index in [0.29, 0.717) is 0 Å². The van der Waals surface area contributed by atoms with Crippen LogP contribution in [0.4, 0.5) is 8.78 Å². The Hall–Kier alpha value is -0.600. The minimum Gasteiger partial charge on any atom is -0.348 e. The van der Waals surface area contributed by atoms with Gasteiger partial charge in [0.1, 0.15) is 18.3 Å². The Bertz CT molecular complexity index is 444. The van der Waals surface area contributed by atoms with Crippen LogP contribution in [0.5, 0.6) is 0 Å². The molecule has 0 radical (unpaired) electrons. The van der Waals surface area contributed by atoms with Crippen LogP contribution in [0.15, 0.2) is 11.7 Å². The fourth-order valence-corrected chi connectivity index (χ4v) is 2.79. The van der Waals surface area contributed by atoms with Gasteiger partial charge in [0.25, 0.3) is 6.08 Å². The molecule has 5 nitrogen and oxygen atoms in total. The third-order valence-corrected chi connectivity index (χ3v) is 3.54. The second-order valence-corrected chi connectivity index (χ2v) is 6.06. The molecule has 3 fully saturated rings. The molecule has 7 heteroatoms. The van der Waals surface area contributed by atoms with E-state index in [1.165, 1.54) is 0 Å². The summed E-state index contributed by atoms with van der Waals surface area (Å²) in [6.45, 7) is 6.98. The van der Waals surface area contributed by atoms with Gasteiger partial charge >= 0.3 is 0 Å². The maximum Gasteiger partial charge on any atom is 0.275 e. The Kier molecular flexibility index (Phi) is 3.19. The molecule has 0 aromatic carbocycles. The lowest BCUT2D eigenvalue weighted by atomic mass is 10.0. The van der Waals surface area contributed by atoms with Crippen LogP contribution in [0.2, 0.25) is 0 Å². The normalized spacial score (nSPS) is 42.0. The van der Waals surface area contributed by atoms with Crippen LogP contribution in [-0.2, 0) is 23.7 Å². The van der Waals surface area contributed by atoms with E-state index in [-0.39, 0.29) is 12.2 Å². The highest BCUT2D eigenvalue weighted by atomic mass is 19.3. The van der Waals surface area contributed by atoms with Crippen LogP contribution in [0, 0.1) is 0 Å². The van der Waals surface area contributed by atoms with Gasteiger partial charge in [0.05, 0.1) is 12.2 Å². The van der Waals surface area contributed by atoms with Gasteiger partial charge in [-0.3, -0.25) is 0 Å². The van der Waals surface area contributed by atoms with E-state index in [4.69, 9.17) is 23.7 Å². The predicted octanol–water partition coefficient (Wildman–Crippen LogP) is 2.16. The summed E-state index contributed by atoms with van der Waals surface area (Å²) in [5.74, 6) is -1.74. The van der Waals surface area contributed by atoms with E-state index in [1.807, 2.05) is 0 Å². The summed E-state index contributed by atoms with van der Waals surface area (Å²) >= 11 is 0. The predicted molar refractivity (Wildman–Crippen MR) is 62.8 cm³/mol. The molecule has 3 saturated heterocycles. The van der Waals surface area contributed by atoms with Gasteiger partial charge in [-0.05, 0) is 27.7 Å². The Morgan fingerprint density at radius 3 is 2.25 bits per heavy atom. The largest absolute Gasteiger partial charge is 0.348 e. The molecular weight excluding hydrogens is 274 g/mol. The average Bonchev–Trinajstić information content (AvgIpc) is 2.86. The van der Waals surface area contributed by atoms with Crippen LogP contribution >= 0.6 is 0 Å². The number of halogens is 2. The fourth-order valence-electron chi connectivity index (χ4n) is 2.79. The number of fused-ring (bicyclic) bond motifs is 1. The molecule has 0 amide bonds. The van der Waals surface area contributed by atoms with Crippen molar-refractivity contribution in [2.24, 2.45) is 0 Å². The first-order valence-electron chi connectivity index (χ1n) is 6.56. The average molecular weight is 292 g/mol. The van der Waals surface area contributed by atoms with Crippen molar-refractivity contribution < 1.29 is 32.5 Å². The van der Waals surface area contributed by atoms with Crippen LogP contribution in [0.3, 0.4) is 0 Å². The molecule has 0 aliphatic carbocycles. The lowest BCUT2D eigenvalue weighted by molar-refractivity contribution is -0.215. The van der Waals surface area contributed by atoms with E-state index >= 15 is 0 Å². The van der Waals surface area contributed by atoms with Gasteiger partial charge in [-0.2, -0.15) is 8.78 Å². The number of rotatable bonds is 1. The third kappa shape index (κ3) is 2.37. The van der Waals surface area contributed by atoms with Gasteiger partial charge in [-0.15, -0.1) is 0 Å². The van der Waals surface area contributed by atoms with Gasteiger partial charge in [-0.25, -0.2) is 0 Å². The highest BCUT2D eigenvalue weighted by molar-refractivity contribution is 5.24. The van der Waals surface area contributed by atoms with Crippen LogP contribution < -0.4 is 0 Å². The van der Waals surface area contributed by atoms with Crippen molar-refractivity contribution in [2.75, 3.05) is 6.61 Å². The van der Waals surface area contributed by atoms with E-state index in [2.05, 4.69) is 0 Å². The standard InChI is InChI=1S/C13H18F2O5/c1-12(2)16-5-6(18-12)8-7(10(14)15)9-11(17-8)20-13(3,4)19-9/h6,8-9,11H,5H2,1-4H3/t6-,8-,9-,11-/m1/s1. The van der Waals surface area contributed by atoms with E-state index in [1.54, 1.807) is 27.7 Å². The Morgan fingerprint density at radius 2 is 1.70 bits per heavy atom. The lowest BCUT2D eigenvalue weighted by Gasteiger charge is -2.24. The maximum atomic E-state index is 13.3. The summed E-state index contributed by atoms with van der Waals surface area (Å²) in [5, 5.41) is 0. The minimum absolute atomic E-state index is 0.192. The lowest BCUT2D eigenvalue weighted by Crippen LogP contribution is -2.35. The van der Waals surface area contributed by atoms with Gasteiger partial charge in [0.2, 0.25) is 0 Å². The first-order chi connectivity index (χ1) is 9.19. The summed E-state index contributed by atoms with van der Waals surface area (Å²) in [6, 6.07) is 0. The summed E-state index contributed by atoms with van der Waals surface area (Å²) in [7, 11) is 0. The first-order valence-corrected chi connectivity index (χ1v) is 6.56. The summed E-state index contributed by atoms with van der Waals surface area (Å²) in [6.07, 6.45) is -5.04. The molecular formula is C13H18F2O5. The summed E-state index contributed by atoms with van der Waals surface area (Å²) in [4.78, 5) is 0. The molecule has 20 heavy (non-hydrogen) atoms.